The Kier molecular flexibility index (Phi) is 3.41. The maximum atomic E-state index is 11.8. The van der Waals surface area contributed by atoms with E-state index in [1.54, 1.807) is 6.92 Å². The van der Waals surface area contributed by atoms with Crippen LogP contribution in [0.5, 0.6) is 0 Å². The lowest BCUT2D eigenvalue weighted by Gasteiger charge is -2.18. The first kappa shape index (κ1) is 13.0. The molecule has 1 aliphatic rings. The van der Waals surface area contributed by atoms with Crippen LogP contribution in [0.1, 0.15) is 25.6 Å². The van der Waals surface area contributed by atoms with Crippen LogP contribution in [-0.2, 0) is 4.74 Å². The molecule has 0 aromatic carbocycles. The minimum atomic E-state index is -0.478. The second kappa shape index (κ2) is 4.70. The molecule has 1 aromatic heterocycles. The van der Waals surface area contributed by atoms with Gasteiger partial charge < -0.3 is 9.84 Å². The highest BCUT2D eigenvalue weighted by molar-refractivity contribution is 5.02. The van der Waals surface area contributed by atoms with E-state index in [0.29, 0.717) is 5.56 Å². The number of nitrogens with one attached hydrogen (secondary N) is 1. The number of aliphatic hydroxyl groups is 1. The van der Waals surface area contributed by atoms with E-state index in [0.717, 1.165) is 0 Å². The second-order valence-electron chi connectivity index (χ2n) is 4.94. The molecule has 0 amide bonds. The minimum Gasteiger partial charge on any atom is -0.394 e. The highest BCUT2D eigenvalue weighted by Crippen LogP contribution is 2.37. The van der Waals surface area contributed by atoms with Crippen molar-refractivity contribution in [1.82, 2.24) is 9.55 Å². The third-order valence-corrected chi connectivity index (χ3v) is 3.78. The highest BCUT2D eigenvalue weighted by atomic mass is 16.5. The smallest absolute Gasteiger partial charge is 0.330 e. The fourth-order valence-corrected chi connectivity index (χ4v) is 2.33. The van der Waals surface area contributed by atoms with Crippen LogP contribution in [0, 0.1) is 18.8 Å². The molecule has 18 heavy (non-hydrogen) atoms. The molecule has 6 heteroatoms. The van der Waals surface area contributed by atoms with Crippen LogP contribution in [0.3, 0.4) is 0 Å². The minimum absolute atomic E-state index is 0.0703. The summed E-state index contributed by atoms with van der Waals surface area (Å²) in [6.45, 7) is 5.52. The lowest BCUT2D eigenvalue weighted by atomic mass is 9.93. The predicted molar refractivity (Wildman–Crippen MR) is 65.4 cm³/mol. The molecule has 2 N–H and O–H groups in total. The highest BCUT2D eigenvalue weighted by Gasteiger charge is 2.40. The maximum absolute atomic E-state index is 11.8. The molecular formula is C12H18N2O4. The van der Waals surface area contributed by atoms with Gasteiger partial charge in [0.25, 0.3) is 5.56 Å². The van der Waals surface area contributed by atoms with E-state index in [1.165, 1.54) is 10.8 Å². The van der Waals surface area contributed by atoms with E-state index in [1.807, 2.05) is 13.8 Å². The van der Waals surface area contributed by atoms with E-state index < -0.39 is 11.9 Å². The van der Waals surface area contributed by atoms with E-state index in [4.69, 9.17) is 4.74 Å². The molecule has 1 unspecified atom stereocenters. The molecular weight excluding hydrogens is 236 g/mol. The zero-order valence-corrected chi connectivity index (χ0v) is 10.7. The number of hydrogen-bond donors (Lipinski definition) is 2. The molecule has 0 spiro atoms. The fraction of sp³-hybridized carbons (Fsp3) is 0.667. The molecule has 100 valence electrons. The van der Waals surface area contributed by atoms with Gasteiger partial charge in [-0.1, -0.05) is 13.8 Å². The summed E-state index contributed by atoms with van der Waals surface area (Å²) < 4.78 is 7.08. The number of nitrogens with zero attached hydrogens (tertiary/aromatic N) is 1. The van der Waals surface area contributed by atoms with E-state index >= 15 is 0 Å². The third kappa shape index (κ3) is 2.02. The zero-order valence-electron chi connectivity index (χ0n) is 10.7. The summed E-state index contributed by atoms with van der Waals surface area (Å²) in [5.41, 5.74) is -0.396. The van der Waals surface area contributed by atoms with Crippen molar-refractivity contribution in [3.8, 4) is 0 Å². The quantitative estimate of drug-likeness (QED) is 0.778. The first-order valence-corrected chi connectivity index (χ1v) is 6.04. The zero-order chi connectivity index (χ0) is 13.4. The van der Waals surface area contributed by atoms with Gasteiger partial charge in [0.1, 0.15) is 6.23 Å². The summed E-state index contributed by atoms with van der Waals surface area (Å²) in [5.74, 6) is 0.240. The average molecular weight is 254 g/mol. The second-order valence-corrected chi connectivity index (χ2v) is 4.94. The summed E-state index contributed by atoms with van der Waals surface area (Å²) in [4.78, 5) is 25.4. The van der Waals surface area contributed by atoms with Crippen LogP contribution in [0.2, 0.25) is 0 Å². The Bertz CT molecular complexity index is 548. The van der Waals surface area contributed by atoms with Gasteiger partial charge in [-0.05, 0) is 12.8 Å². The normalized spacial score (nSPS) is 31.8. The molecule has 1 aliphatic heterocycles. The molecule has 1 saturated heterocycles. The molecule has 2 heterocycles. The van der Waals surface area contributed by atoms with Crippen LogP contribution >= 0.6 is 0 Å². The van der Waals surface area contributed by atoms with E-state index in [-0.39, 0.29) is 30.1 Å². The average Bonchev–Trinajstić information content (AvgIpc) is 2.61. The number of aromatic nitrogens is 2. The Hall–Kier alpha value is -1.40. The number of hydrogen-bond acceptors (Lipinski definition) is 4. The largest absolute Gasteiger partial charge is 0.394 e. The maximum Gasteiger partial charge on any atom is 0.330 e. The Balaban J connectivity index is 2.42. The van der Waals surface area contributed by atoms with Crippen molar-refractivity contribution in [3.63, 3.8) is 0 Å². The molecule has 2 rings (SSSR count). The number of aryl methyl sites for hydroxylation is 1. The summed E-state index contributed by atoms with van der Waals surface area (Å²) in [6, 6.07) is 0. The number of H-pyrrole nitrogens is 1. The Morgan fingerprint density at radius 3 is 2.61 bits per heavy atom. The van der Waals surface area contributed by atoms with Crippen molar-refractivity contribution >= 4 is 0 Å². The van der Waals surface area contributed by atoms with Gasteiger partial charge in [-0.3, -0.25) is 14.3 Å². The summed E-state index contributed by atoms with van der Waals surface area (Å²) in [7, 11) is 0. The molecule has 0 aliphatic carbocycles. The van der Waals surface area contributed by atoms with Gasteiger partial charge in [-0.25, -0.2) is 4.79 Å². The predicted octanol–water partition coefficient (Wildman–Crippen LogP) is 0.00692. The number of aromatic amines is 1. The van der Waals surface area contributed by atoms with Crippen molar-refractivity contribution in [1.29, 1.82) is 0 Å². The van der Waals surface area contributed by atoms with Crippen LogP contribution in [0.15, 0.2) is 15.8 Å². The molecule has 6 nitrogen and oxygen atoms in total. The van der Waals surface area contributed by atoms with Crippen molar-refractivity contribution < 1.29 is 9.84 Å². The molecule has 0 saturated carbocycles. The third-order valence-electron chi connectivity index (χ3n) is 3.78. The van der Waals surface area contributed by atoms with Gasteiger partial charge in [0.15, 0.2) is 0 Å². The Morgan fingerprint density at radius 1 is 1.39 bits per heavy atom. The monoisotopic (exact) mass is 254 g/mol. The molecule has 1 aromatic rings. The number of ether oxygens (including phenoxy) is 1. The van der Waals surface area contributed by atoms with Crippen molar-refractivity contribution in [2.24, 2.45) is 11.8 Å². The fourth-order valence-electron chi connectivity index (χ4n) is 2.33. The van der Waals surface area contributed by atoms with Crippen LogP contribution in [0.25, 0.3) is 0 Å². The van der Waals surface area contributed by atoms with Crippen LogP contribution in [-0.4, -0.2) is 27.4 Å². The summed E-state index contributed by atoms with van der Waals surface area (Å²) in [6.07, 6.45) is 0.791. The standard InChI is InChI=1S/C12H18N2O4/c1-6-4-14(12(17)13-10(6)16)11-8(3)7(2)9(5-15)18-11/h4,7-9,11,15H,5H2,1-3H3,(H,13,16,17)/t7?,8-,9+,11+/m0/s1. The van der Waals surface area contributed by atoms with Crippen molar-refractivity contribution in [2.75, 3.05) is 6.61 Å². The SMILES string of the molecule is Cc1cn([C@@H]2O[C@H](CO)C(C)[C@@H]2C)c(=O)[nH]c1=O. The van der Waals surface area contributed by atoms with Gasteiger partial charge >= 0.3 is 5.69 Å². The molecule has 0 bridgehead atoms. The molecule has 0 radical (unpaired) electrons. The lowest BCUT2D eigenvalue weighted by molar-refractivity contribution is -0.0376. The Labute approximate surface area is 104 Å². The van der Waals surface area contributed by atoms with E-state index in [2.05, 4.69) is 4.98 Å². The van der Waals surface area contributed by atoms with Gasteiger partial charge in [0.2, 0.25) is 0 Å². The number of aliphatic hydroxyl groups excluding tert-OH is 1. The lowest BCUT2D eigenvalue weighted by Crippen LogP contribution is -2.35. The molecule has 4 atom stereocenters. The topological polar surface area (TPSA) is 84.3 Å². The van der Waals surface area contributed by atoms with E-state index in [9.17, 15) is 14.7 Å². The number of rotatable bonds is 2. The first-order valence-electron chi connectivity index (χ1n) is 6.04. The molecule has 1 fully saturated rings. The van der Waals surface area contributed by atoms with Crippen molar-refractivity contribution in [2.45, 2.75) is 33.1 Å². The van der Waals surface area contributed by atoms with Gasteiger partial charge in [0, 0.05) is 17.7 Å². The first-order chi connectivity index (χ1) is 8.45. The van der Waals surface area contributed by atoms with Crippen molar-refractivity contribution in [3.05, 3.63) is 32.6 Å². The Morgan fingerprint density at radius 2 is 2.06 bits per heavy atom. The summed E-state index contributed by atoms with van der Waals surface area (Å²) in [5, 5.41) is 9.22. The van der Waals surface area contributed by atoms with Crippen LogP contribution in [0.4, 0.5) is 0 Å². The van der Waals surface area contributed by atoms with Crippen LogP contribution < -0.4 is 11.2 Å². The van der Waals surface area contributed by atoms with Gasteiger partial charge in [0.05, 0.1) is 12.7 Å². The van der Waals surface area contributed by atoms with Gasteiger partial charge in [-0.15, -0.1) is 0 Å². The summed E-state index contributed by atoms with van der Waals surface area (Å²) >= 11 is 0. The van der Waals surface area contributed by atoms with Gasteiger partial charge in [-0.2, -0.15) is 0 Å².